The van der Waals surface area contributed by atoms with Crippen molar-refractivity contribution in [1.82, 2.24) is 10.2 Å². The Bertz CT molecular complexity index is 442. The van der Waals surface area contributed by atoms with Gasteiger partial charge in [-0.05, 0) is 23.1 Å². The minimum absolute atomic E-state index is 0. The molecular formula is C15H24ClFN2O. The van der Waals surface area contributed by atoms with Gasteiger partial charge in [-0.1, -0.05) is 26.8 Å². The van der Waals surface area contributed by atoms with Crippen molar-refractivity contribution in [1.29, 1.82) is 0 Å². The zero-order valence-corrected chi connectivity index (χ0v) is 13.1. The van der Waals surface area contributed by atoms with Gasteiger partial charge in [0.05, 0.1) is 0 Å². The number of benzene rings is 1. The van der Waals surface area contributed by atoms with Crippen LogP contribution in [0.5, 0.6) is 5.75 Å². The number of nitrogens with one attached hydrogen (secondary N) is 1. The number of phenolic OH excluding ortho intramolecular Hbond substituents is 1. The molecule has 0 aromatic heterocycles. The second kappa shape index (κ2) is 6.74. The molecule has 2 N–H and O–H groups in total. The van der Waals surface area contributed by atoms with Crippen LogP contribution >= 0.6 is 12.4 Å². The molecule has 20 heavy (non-hydrogen) atoms. The van der Waals surface area contributed by atoms with Gasteiger partial charge in [0.1, 0.15) is 0 Å². The number of piperazine rings is 1. The fraction of sp³-hybridized carbons (Fsp3) is 0.600. The Hall–Kier alpha value is -0.840. The molecule has 114 valence electrons. The quantitative estimate of drug-likeness (QED) is 0.882. The van der Waals surface area contributed by atoms with E-state index in [1.165, 1.54) is 12.1 Å². The van der Waals surface area contributed by atoms with Crippen molar-refractivity contribution >= 4 is 12.4 Å². The van der Waals surface area contributed by atoms with Gasteiger partial charge in [-0.25, -0.2) is 4.39 Å². The zero-order chi connectivity index (χ0) is 14.0. The largest absolute Gasteiger partial charge is 0.505 e. The third-order valence-electron chi connectivity index (χ3n) is 3.62. The molecule has 0 aliphatic carbocycles. The lowest BCUT2D eigenvalue weighted by Crippen LogP contribution is -2.48. The third kappa shape index (κ3) is 3.84. The number of hydrogen-bond donors (Lipinski definition) is 2. The van der Waals surface area contributed by atoms with Gasteiger partial charge >= 0.3 is 0 Å². The molecule has 0 radical (unpaired) electrons. The van der Waals surface area contributed by atoms with E-state index in [9.17, 15) is 9.50 Å². The molecule has 5 heteroatoms. The highest BCUT2D eigenvalue weighted by Crippen LogP contribution is 2.39. The van der Waals surface area contributed by atoms with E-state index in [1.807, 2.05) is 6.07 Å². The lowest BCUT2D eigenvalue weighted by atomic mass is 9.81. The molecule has 0 saturated carbocycles. The molecule has 1 aromatic rings. The zero-order valence-electron chi connectivity index (χ0n) is 12.3. The van der Waals surface area contributed by atoms with Crippen LogP contribution in [-0.4, -0.2) is 36.2 Å². The maximum atomic E-state index is 13.6. The van der Waals surface area contributed by atoms with Crippen molar-refractivity contribution in [2.75, 3.05) is 26.2 Å². The summed E-state index contributed by atoms with van der Waals surface area (Å²) >= 11 is 0. The number of nitrogens with zero attached hydrogens (tertiary/aromatic N) is 1. The van der Waals surface area contributed by atoms with Crippen LogP contribution < -0.4 is 5.32 Å². The smallest absolute Gasteiger partial charge is 0.165 e. The summed E-state index contributed by atoms with van der Waals surface area (Å²) in [4.78, 5) is 2.39. The Balaban J connectivity index is 0.00000200. The van der Waals surface area contributed by atoms with Crippen molar-refractivity contribution in [2.45, 2.75) is 26.8 Å². The van der Waals surface area contributed by atoms with E-state index in [0.29, 0.717) is 0 Å². The maximum Gasteiger partial charge on any atom is 0.165 e. The first kappa shape index (κ1) is 17.2. The van der Waals surface area contributed by atoms with E-state index >= 15 is 0 Å². The normalized spacial score (nSPS) is 18.4. The molecule has 2 rings (SSSR count). The highest BCUT2D eigenvalue weighted by atomic mass is 35.5. The molecule has 0 unspecified atom stereocenters. The first-order valence-corrected chi connectivity index (χ1v) is 6.83. The molecular weight excluding hydrogens is 279 g/mol. The van der Waals surface area contributed by atoms with Crippen molar-refractivity contribution in [3.05, 3.63) is 29.6 Å². The molecule has 1 aliphatic heterocycles. The summed E-state index contributed by atoms with van der Waals surface area (Å²) in [5.41, 5.74) is 0.950. The van der Waals surface area contributed by atoms with E-state index < -0.39 is 5.82 Å². The van der Waals surface area contributed by atoms with Crippen LogP contribution in [0.15, 0.2) is 18.2 Å². The molecule has 0 bridgehead atoms. The summed E-state index contributed by atoms with van der Waals surface area (Å²) in [5, 5.41) is 12.7. The van der Waals surface area contributed by atoms with E-state index in [1.54, 1.807) is 0 Å². The SMILES string of the molecule is CC(C)(C)[C@H](c1ccc(O)c(F)c1)N1CCNCC1.Cl. The Morgan fingerprint density at radius 3 is 2.35 bits per heavy atom. The van der Waals surface area contributed by atoms with Crippen LogP contribution in [0.1, 0.15) is 32.4 Å². The van der Waals surface area contributed by atoms with Crippen LogP contribution in [0.25, 0.3) is 0 Å². The van der Waals surface area contributed by atoms with Crippen LogP contribution in [0.2, 0.25) is 0 Å². The first-order valence-electron chi connectivity index (χ1n) is 6.83. The van der Waals surface area contributed by atoms with Crippen LogP contribution in [-0.2, 0) is 0 Å². The minimum atomic E-state index is -0.540. The number of hydrogen-bond acceptors (Lipinski definition) is 3. The van der Waals surface area contributed by atoms with Gasteiger partial charge in [-0.3, -0.25) is 4.90 Å². The molecule has 1 aliphatic rings. The molecule has 1 fully saturated rings. The van der Waals surface area contributed by atoms with Gasteiger partial charge in [-0.2, -0.15) is 0 Å². The van der Waals surface area contributed by atoms with Gasteiger partial charge in [0.2, 0.25) is 0 Å². The van der Waals surface area contributed by atoms with Crippen molar-refractivity contribution in [3.63, 3.8) is 0 Å². The van der Waals surface area contributed by atoms with Crippen molar-refractivity contribution < 1.29 is 9.50 Å². The predicted octanol–water partition coefficient (Wildman–Crippen LogP) is 2.95. The second-order valence-electron chi connectivity index (χ2n) is 6.27. The molecule has 1 atom stereocenters. The summed E-state index contributed by atoms with van der Waals surface area (Å²) in [6.07, 6.45) is 0. The number of aromatic hydroxyl groups is 1. The molecule has 1 heterocycles. The lowest BCUT2D eigenvalue weighted by molar-refractivity contribution is 0.0859. The third-order valence-corrected chi connectivity index (χ3v) is 3.62. The monoisotopic (exact) mass is 302 g/mol. The van der Waals surface area contributed by atoms with Crippen molar-refractivity contribution in [3.8, 4) is 5.75 Å². The highest BCUT2D eigenvalue weighted by Gasteiger charge is 2.32. The fourth-order valence-corrected chi connectivity index (χ4v) is 2.89. The standard InChI is InChI=1S/C15H23FN2O.ClH/c1-15(2,3)14(18-8-6-17-7-9-18)11-4-5-13(19)12(16)10-11;/h4-5,10,14,17,19H,6-9H2,1-3H3;1H/t14-;/m0./s1. The first-order chi connectivity index (χ1) is 8.89. The summed E-state index contributed by atoms with van der Waals surface area (Å²) < 4.78 is 13.6. The Kier molecular flexibility index (Phi) is 5.80. The molecule has 0 amide bonds. The summed E-state index contributed by atoms with van der Waals surface area (Å²) in [6, 6.07) is 4.90. The molecule has 1 saturated heterocycles. The summed E-state index contributed by atoms with van der Waals surface area (Å²) in [6.45, 7) is 10.4. The average Bonchev–Trinajstić information content (AvgIpc) is 2.34. The van der Waals surface area contributed by atoms with Crippen LogP contribution in [0, 0.1) is 11.2 Å². The van der Waals surface area contributed by atoms with Crippen molar-refractivity contribution in [2.24, 2.45) is 5.41 Å². The Labute approximate surface area is 126 Å². The molecule has 3 nitrogen and oxygen atoms in total. The number of halogens is 2. The predicted molar refractivity (Wildman–Crippen MR) is 82.0 cm³/mol. The van der Waals surface area contributed by atoms with E-state index in [4.69, 9.17) is 0 Å². The van der Waals surface area contributed by atoms with Crippen LogP contribution in [0.3, 0.4) is 0 Å². The molecule has 0 spiro atoms. The van der Waals surface area contributed by atoms with Gasteiger partial charge < -0.3 is 10.4 Å². The summed E-state index contributed by atoms with van der Waals surface area (Å²) in [5.74, 6) is -0.821. The van der Waals surface area contributed by atoms with Gasteiger partial charge in [-0.15, -0.1) is 12.4 Å². The topological polar surface area (TPSA) is 35.5 Å². The van der Waals surface area contributed by atoms with Gasteiger partial charge in [0, 0.05) is 32.2 Å². The van der Waals surface area contributed by atoms with Crippen LogP contribution in [0.4, 0.5) is 4.39 Å². The average molecular weight is 303 g/mol. The summed E-state index contributed by atoms with van der Waals surface area (Å²) in [7, 11) is 0. The Morgan fingerprint density at radius 2 is 1.85 bits per heavy atom. The number of phenols is 1. The number of rotatable bonds is 2. The second-order valence-corrected chi connectivity index (χ2v) is 6.27. The Morgan fingerprint density at radius 1 is 1.25 bits per heavy atom. The maximum absolute atomic E-state index is 13.6. The van der Waals surface area contributed by atoms with E-state index in [0.717, 1.165) is 31.7 Å². The lowest BCUT2D eigenvalue weighted by Gasteiger charge is -2.42. The highest BCUT2D eigenvalue weighted by molar-refractivity contribution is 5.85. The molecule has 1 aromatic carbocycles. The van der Waals surface area contributed by atoms with Gasteiger partial charge in [0.25, 0.3) is 0 Å². The van der Waals surface area contributed by atoms with E-state index in [2.05, 4.69) is 31.0 Å². The van der Waals surface area contributed by atoms with E-state index in [-0.39, 0.29) is 29.6 Å². The van der Waals surface area contributed by atoms with Gasteiger partial charge in [0.15, 0.2) is 11.6 Å². The minimum Gasteiger partial charge on any atom is -0.505 e. The fourth-order valence-electron chi connectivity index (χ4n) is 2.89.